The van der Waals surface area contributed by atoms with Gasteiger partial charge in [0.15, 0.2) is 5.78 Å². The first-order chi connectivity index (χ1) is 14.4. The molecular formula is C23H31NO8. The Labute approximate surface area is 187 Å². The molecule has 0 aliphatic heterocycles. The Balaban J connectivity index is 2.66. The van der Waals surface area contributed by atoms with Crippen LogP contribution >= 0.6 is 0 Å². The van der Waals surface area contributed by atoms with Gasteiger partial charge in [0.25, 0.3) is 5.69 Å². The molecule has 1 fully saturated rings. The number of Topliss-reactive ketones (excluding diaryl/α,β-unsaturated/α-hetero) is 1. The van der Waals surface area contributed by atoms with Crippen LogP contribution in [0.15, 0.2) is 24.3 Å². The summed E-state index contributed by atoms with van der Waals surface area (Å²) in [6.07, 6.45) is -0.440. The number of aliphatic hydroxyl groups is 1. The van der Waals surface area contributed by atoms with Crippen LogP contribution in [0.1, 0.15) is 66.4 Å². The first kappa shape index (κ1) is 25.5. The van der Waals surface area contributed by atoms with Crippen molar-refractivity contribution in [3.05, 3.63) is 39.9 Å². The molecule has 1 aliphatic carbocycles. The fourth-order valence-electron chi connectivity index (χ4n) is 3.96. The summed E-state index contributed by atoms with van der Waals surface area (Å²) >= 11 is 0. The lowest BCUT2D eigenvalue weighted by Gasteiger charge is -2.44. The van der Waals surface area contributed by atoms with Crippen LogP contribution in [-0.2, 0) is 23.9 Å². The Hall–Kier alpha value is -2.81. The smallest absolute Gasteiger partial charge is 0.317 e. The topological polar surface area (TPSA) is 133 Å². The maximum atomic E-state index is 13.2. The first-order valence-electron chi connectivity index (χ1n) is 10.4. The van der Waals surface area contributed by atoms with Gasteiger partial charge in [0.05, 0.1) is 16.4 Å². The van der Waals surface area contributed by atoms with Gasteiger partial charge in [0.1, 0.15) is 17.1 Å². The van der Waals surface area contributed by atoms with Crippen molar-refractivity contribution in [2.75, 3.05) is 0 Å². The molecule has 1 aliphatic rings. The zero-order valence-corrected chi connectivity index (χ0v) is 19.5. The van der Waals surface area contributed by atoms with Crippen molar-refractivity contribution in [2.45, 2.75) is 77.6 Å². The van der Waals surface area contributed by atoms with Crippen LogP contribution in [-0.4, -0.2) is 44.6 Å². The van der Waals surface area contributed by atoms with Gasteiger partial charge in [-0.05, 0) is 54.0 Å². The highest BCUT2D eigenvalue weighted by atomic mass is 16.6. The van der Waals surface area contributed by atoms with Crippen molar-refractivity contribution < 1.29 is 33.9 Å². The molecule has 0 aromatic heterocycles. The van der Waals surface area contributed by atoms with E-state index in [1.165, 1.54) is 31.2 Å². The van der Waals surface area contributed by atoms with Gasteiger partial charge in [-0.2, -0.15) is 0 Å². The molecule has 176 valence electrons. The average molecular weight is 450 g/mol. The summed E-state index contributed by atoms with van der Waals surface area (Å²) in [5.74, 6) is -5.96. The second-order valence-corrected chi connectivity index (χ2v) is 10.4. The fourth-order valence-corrected chi connectivity index (χ4v) is 3.96. The number of nitro benzene ring substituents is 1. The predicted octanol–water partition coefficient (Wildman–Crippen LogP) is 3.32. The van der Waals surface area contributed by atoms with E-state index in [9.17, 15) is 29.6 Å². The van der Waals surface area contributed by atoms with Crippen LogP contribution in [0.5, 0.6) is 0 Å². The Bertz CT molecular complexity index is 905. The molecular weight excluding hydrogens is 418 g/mol. The molecule has 0 heterocycles. The summed E-state index contributed by atoms with van der Waals surface area (Å²) in [5.41, 5.74) is -3.44. The van der Waals surface area contributed by atoms with Crippen molar-refractivity contribution >= 4 is 23.4 Å². The van der Waals surface area contributed by atoms with Gasteiger partial charge in [-0.3, -0.25) is 24.5 Å². The highest BCUT2D eigenvalue weighted by molar-refractivity contribution is 6.03. The van der Waals surface area contributed by atoms with Crippen LogP contribution in [0.4, 0.5) is 5.69 Å². The summed E-state index contributed by atoms with van der Waals surface area (Å²) in [5, 5.41) is 22.2. The van der Waals surface area contributed by atoms with Gasteiger partial charge in [-0.25, -0.2) is 0 Å². The molecule has 32 heavy (non-hydrogen) atoms. The van der Waals surface area contributed by atoms with Gasteiger partial charge >= 0.3 is 11.9 Å². The minimum Gasteiger partial charge on any atom is -0.460 e. The number of ketones is 1. The molecule has 0 saturated heterocycles. The molecule has 1 aromatic rings. The lowest BCUT2D eigenvalue weighted by Crippen LogP contribution is -2.56. The largest absolute Gasteiger partial charge is 0.460 e. The standard InChI is InChI=1S/C23H31NO8/c1-21(2,3)31-19(26)17-15(25)12-23(7,28)18(20(27)32-22(4,5)6)16(17)13-8-10-14(11-9-13)24(29)30/h8-11,16-18,28H,12H2,1-7H3/t16-,17+,18-,23+/m0/s1. The summed E-state index contributed by atoms with van der Waals surface area (Å²) in [6, 6.07) is 5.21. The molecule has 2 rings (SSSR count). The fraction of sp³-hybridized carbons (Fsp3) is 0.609. The summed E-state index contributed by atoms with van der Waals surface area (Å²) in [7, 11) is 0. The zero-order chi connectivity index (χ0) is 24.6. The molecule has 9 nitrogen and oxygen atoms in total. The van der Waals surface area contributed by atoms with E-state index >= 15 is 0 Å². The SMILES string of the molecule is CC(C)(C)OC(=O)[C@@H]1C(=O)C[C@@](C)(O)[C@H](C(=O)OC(C)(C)C)[C@H]1c1ccc([N+](=O)[O-])cc1. The van der Waals surface area contributed by atoms with Gasteiger partial charge in [0.2, 0.25) is 0 Å². The molecule has 1 aromatic carbocycles. The molecule has 0 radical (unpaired) electrons. The van der Waals surface area contributed by atoms with Crippen molar-refractivity contribution in [3.63, 3.8) is 0 Å². The van der Waals surface area contributed by atoms with Crippen LogP contribution in [0.25, 0.3) is 0 Å². The lowest BCUT2D eigenvalue weighted by molar-refractivity contribution is -0.384. The third-order valence-electron chi connectivity index (χ3n) is 5.08. The van der Waals surface area contributed by atoms with Gasteiger partial charge in [-0.15, -0.1) is 0 Å². The number of ether oxygens (including phenoxy) is 2. The Kier molecular flexibility index (Phi) is 6.85. The number of hydrogen-bond acceptors (Lipinski definition) is 8. The van der Waals surface area contributed by atoms with Crippen molar-refractivity contribution in [1.82, 2.24) is 0 Å². The van der Waals surface area contributed by atoms with Crippen LogP contribution < -0.4 is 0 Å². The van der Waals surface area contributed by atoms with Crippen LogP contribution in [0, 0.1) is 22.0 Å². The number of carbonyl (C=O) groups excluding carboxylic acids is 3. The highest BCUT2D eigenvalue weighted by Crippen LogP contribution is 2.47. The molecule has 0 unspecified atom stereocenters. The number of benzene rings is 1. The Morgan fingerprint density at radius 2 is 1.50 bits per heavy atom. The summed E-state index contributed by atoms with van der Waals surface area (Å²) < 4.78 is 11.0. The van der Waals surface area contributed by atoms with E-state index in [0.29, 0.717) is 5.56 Å². The maximum absolute atomic E-state index is 13.2. The van der Waals surface area contributed by atoms with Crippen molar-refractivity contribution in [2.24, 2.45) is 11.8 Å². The zero-order valence-electron chi connectivity index (χ0n) is 19.5. The second-order valence-electron chi connectivity index (χ2n) is 10.4. The normalized spacial score (nSPS) is 26.4. The monoisotopic (exact) mass is 449 g/mol. The maximum Gasteiger partial charge on any atom is 0.317 e. The van der Waals surface area contributed by atoms with Crippen molar-refractivity contribution in [1.29, 1.82) is 0 Å². The molecule has 4 atom stereocenters. The Morgan fingerprint density at radius 3 is 1.94 bits per heavy atom. The third-order valence-corrected chi connectivity index (χ3v) is 5.08. The lowest BCUT2D eigenvalue weighted by atomic mass is 9.61. The molecule has 0 amide bonds. The van der Waals surface area contributed by atoms with E-state index in [2.05, 4.69) is 0 Å². The number of nitro groups is 1. The van der Waals surface area contributed by atoms with Crippen LogP contribution in [0.2, 0.25) is 0 Å². The van der Waals surface area contributed by atoms with E-state index in [4.69, 9.17) is 9.47 Å². The number of esters is 2. The molecule has 9 heteroatoms. The minimum absolute atomic E-state index is 0.190. The van der Waals surface area contributed by atoms with E-state index in [-0.39, 0.29) is 5.69 Å². The van der Waals surface area contributed by atoms with Gasteiger partial charge in [-0.1, -0.05) is 12.1 Å². The summed E-state index contributed by atoms with van der Waals surface area (Å²) in [4.78, 5) is 49.8. The minimum atomic E-state index is -1.80. The number of rotatable bonds is 4. The van der Waals surface area contributed by atoms with E-state index in [1.54, 1.807) is 41.5 Å². The Morgan fingerprint density at radius 1 is 1.03 bits per heavy atom. The predicted molar refractivity (Wildman–Crippen MR) is 115 cm³/mol. The second kappa shape index (κ2) is 8.61. The highest BCUT2D eigenvalue weighted by Gasteiger charge is 2.57. The van der Waals surface area contributed by atoms with E-state index in [0.717, 1.165) is 0 Å². The third kappa shape index (κ3) is 5.91. The first-order valence-corrected chi connectivity index (χ1v) is 10.4. The number of carbonyl (C=O) groups is 3. The molecule has 1 N–H and O–H groups in total. The quantitative estimate of drug-likeness (QED) is 0.320. The average Bonchev–Trinajstić information content (AvgIpc) is 2.56. The number of non-ortho nitro benzene ring substituents is 1. The van der Waals surface area contributed by atoms with Crippen molar-refractivity contribution in [3.8, 4) is 0 Å². The number of nitrogens with zero attached hydrogens (tertiary/aromatic N) is 1. The van der Waals surface area contributed by atoms with Gasteiger partial charge in [0, 0.05) is 24.5 Å². The van der Waals surface area contributed by atoms with Crippen LogP contribution in [0.3, 0.4) is 0 Å². The molecule has 0 bridgehead atoms. The van der Waals surface area contributed by atoms with E-state index in [1.807, 2.05) is 0 Å². The molecule has 1 saturated carbocycles. The summed E-state index contributed by atoms with van der Waals surface area (Å²) in [6.45, 7) is 11.3. The molecule has 0 spiro atoms. The van der Waals surface area contributed by atoms with Gasteiger partial charge < -0.3 is 14.6 Å². The number of hydrogen-bond donors (Lipinski definition) is 1. The van der Waals surface area contributed by atoms with E-state index < -0.39 is 63.6 Å².